The molecule has 25 heavy (non-hydrogen) atoms. The van der Waals surface area contributed by atoms with Gasteiger partial charge < -0.3 is 14.8 Å². The number of rotatable bonds is 4. The standard InChI is InChI=1S/C16H12ClF4NO2.ClH/c17-15-11(2-1-3-12(15)18)9-4-5-13(23-10-7-22-8-10)14(6-9)24-16(19,20)21;/h1-6,10,22H,7-8H2;1H. The largest absolute Gasteiger partial charge is 0.573 e. The van der Waals surface area contributed by atoms with Crippen molar-refractivity contribution in [2.75, 3.05) is 13.1 Å². The zero-order valence-electron chi connectivity index (χ0n) is 12.6. The van der Waals surface area contributed by atoms with Crippen LogP contribution in [0.25, 0.3) is 11.1 Å². The van der Waals surface area contributed by atoms with Crippen molar-refractivity contribution in [1.82, 2.24) is 5.32 Å². The van der Waals surface area contributed by atoms with Crippen LogP contribution in [-0.2, 0) is 0 Å². The lowest BCUT2D eigenvalue weighted by atomic mass is 10.0. The van der Waals surface area contributed by atoms with E-state index in [9.17, 15) is 17.6 Å². The van der Waals surface area contributed by atoms with E-state index < -0.39 is 17.9 Å². The fourth-order valence-corrected chi connectivity index (χ4v) is 2.46. The molecule has 3 rings (SSSR count). The Morgan fingerprint density at radius 3 is 2.40 bits per heavy atom. The highest BCUT2D eigenvalue weighted by Gasteiger charge is 2.33. The molecule has 136 valence electrons. The third kappa shape index (κ3) is 4.68. The number of alkyl halides is 3. The van der Waals surface area contributed by atoms with Crippen LogP contribution >= 0.6 is 24.0 Å². The third-order valence-corrected chi connectivity index (χ3v) is 3.85. The van der Waals surface area contributed by atoms with Gasteiger partial charge >= 0.3 is 6.36 Å². The minimum Gasteiger partial charge on any atom is -0.484 e. The molecule has 1 aliphatic rings. The highest BCUT2D eigenvalue weighted by molar-refractivity contribution is 6.33. The van der Waals surface area contributed by atoms with E-state index in [1.165, 1.54) is 30.3 Å². The molecule has 1 heterocycles. The lowest BCUT2D eigenvalue weighted by molar-refractivity contribution is -0.275. The summed E-state index contributed by atoms with van der Waals surface area (Å²) in [6, 6.07) is 8.09. The summed E-state index contributed by atoms with van der Waals surface area (Å²) in [5.41, 5.74) is 0.554. The van der Waals surface area contributed by atoms with Gasteiger partial charge in [0.1, 0.15) is 11.9 Å². The maximum atomic E-state index is 13.6. The van der Waals surface area contributed by atoms with Crippen LogP contribution in [0.4, 0.5) is 17.6 Å². The zero-order valence-corrected chi connectivity index (χ0v) is 14.1. The number of hydrogen-bond acceptors (Lipinski definition) is 3. The zero-order chi connectivity index (χ0) is 17.3. The summed E-state index contributed by atoms with van der Waals surface area (Å²) in [6.07, 6.45) is -5.09. The van der Waals surface area contributed by atoms with E-state index in [0.717, 1.165) is 6.07 Å². The molecule has 0 saturated carbocycles. The van der Waals surface area contributed by atoms with Crippen LogP contribution in [-0.4, -0.2) is 25.6 Å². The molecular formula is C16H13Cl2F4NO2. The minimum atomic E-state index is -4.87. The van der Waals surface area contributed by atoms with Crippen molar-refractivity contribution in [2.24, 2.45) is 0 Å². The topological polar surface area (TPSA) is 30.5 Å². The minimum absolute atomic E-state index is 0. The molecule has 0 unspecified atom stereocenters. The molecule has 2 aromatic carbocycles. The molecule has 1 N–H and O–H groups in total. The average Bonchev–Trinajstić information content (AvgIpc) is 2.45. The summed E-state index contributed by atoms with van der Waals surface area (Å²) in [5, 5.41) is 2.78. The van der Waals surface area contributed by atoms with Crippen LogP contribution in [0.3, 0.4) is 0 Å². The van der Waals surface area contributed by atoms with Gasteiger partial charge in [0.05, 0.1) is 5.02 Å². The van der Waals surface area contributed by atoms with Crippen LogP contribution in [0.2, 0.25) is 5.02 Å². The van der Waals surface area contributed by atoms with Crippen LogP contribution in [0, 0.1) is 5.82 Å². The maximum Gasteiger partial charge on any atom is 0.573 e. The van der Waals surface area contributed by atoms with Gasteiger partial charge in [-0.25, -0.2) is 4.39 Å². The monoisotopic (exact) mass is 397 g/mol. The van der Waals surface area contributed by atoms with Gasteiger partial charge in [-0.2, -0.15) is 0 Å². The third-order valence-electron chi connectivity index (χ3n) is 3.47. The Kier molecular flexibility index (Phi) is 6.03. The van der Waals surface area contributed by atoms with Gasteiger partial charge in [-0.05, 0) is 23.8 Å². The van der Waals surface area contributed by atoms with Crippen molar-refractivity contribution in [3.8, 4) is 22.6 Å². The van der Waals surface area contributed by atoms with Crippen molar-refractivity contribution in [2.45, 2.75) is 12.5 Å². The summed E-state index contributed by atoms with van der Waals surface area (Å²) >= 11 is 5.89. The van der Waals surface area contributed by atoms with Crippen LogP contribution in [0.15, 0.2) is 36.4 Å². The second-order valence-electron chi connectivity index (χ2n) is 5.21. The van der Waals surface area contributed by atoms with Crippen molar-refractivity contribution in [3.05, 3.63) is 47.2 Å². The summed E-state index contributed by atoms with van der Waals surface area (Å²) in [6.45, 7) is 1.09. The van der Waals surface area contributed by atoms with E-state index in [4.69, 9.17) is 16.3 Å². The fraction of sp³-hybridized carbons (Fsp3) is 0.250. The molecule has 0 aliphatic carbocycles. The molecule has 0 radical (unpaired) electrons. The quantitative estimate of drug-likeness (QED) is 0.750. The summed E-state index contributed by atoms with van der Waals surface area (Å²) in [5.74, 6) is -1.18. The molecule has 0 bridgehead atoms. The first kappa shape index (κ1) is 19.6. The normalized spacial score (nSPS) is 14.4. The Balaban J connectivity index is 0.00000225. The van der Waals surface area contributed by atoms with Gasteiger partial charge in [0, 0.05) is 18.7 Å². The molecule has 2 aromatic rings. The van der Waals surface area contributed by atoms with Gasteiger partial charge in [-0.15, -0.1) is 25.6 Å². The van der Waals surface area contributed by atoms with Gasteiger partial charge in [0.2, 0.25) is 0 Å². The van der Waals surface area contributed by atoms with Gasteiger partial charge in [-0.1, -0.05) is 29.8 Å². The highest BCUT2D eigenvalue weighted by Crippen LogP contribution is 2.39. The molecule has 9 heteroatoms. The van der Waals surface area contributed by atoms with E-state index in [0.29, 0.717) is 13.1 Å². The van der Waals surface area contributed by atoms with Gasteiger partial charge in [-0.3, -0.25) is 0 Å². The smallest absolute Gasteiger partial charge is 0.484 e. The van der Waals surface area contributed by atoms with Crippen LogP contribution < -0.4 is 14.8 Å². The van der Waals surface area contributed by atoms with Crippen molar-refractivity contribution in [3.63, 3.8) is 0 Å². The number of nitrogens with one attached hydrogen (secondary N) is 1. The molecular weight excluding hydrogens is 385 g/mol. The number of halogens is 6. The highest BCUT2D eigenvalue weighted by atomic mass is 35.5. The molecule has 0 amide bonds. The predicted molar refractivity (Wildman–Crippen MR) is 88.1 cm³/mol. The van der Waals surface area contributed by atoms with E-state index in [2.05, 4.69) is 10.1 Å². The van der Waals surface area contributed by atoms with Crippen molar-refractivity contribution >= 4 is 24.0 Å². The first-order valence-electron chi connectivity index (χ1n) is 7.05. The summed E-state index contributed by atoms with van der Waals surface area (Å²) in [7, 11) is 0. The van der Waals surface area contributed by atoms with Crippen LogP contribution in [0.5, 0.6) is 11.5 Å². The van der Waals surface area contributed by atoms with Crippen molar-refractivity contribution < 1.29 is 27.0 Å². The van der Waals surface area contributed by atoms with E-state index >= 15 is 0 Å². The molecule has 0 spiro atoms. The Labute approximate surface area is 152 Å². The first-order chi connectivity index (χ1) is 11.3. The molecule has 0 aromatic heterocycles. The fourth-order valence-electron chi connectivity index (χ4n) is 2.23. The van der Waals surface area contributed by atoms with E-state index in [1.807, 2.05) is 0 Å². The second kappa shape index (κ2) is 7.68. The Morgan fingerprint density at radius 2 is 1.80 bits per heavy atom. The number of ether oxygens (including phenoxy) is 2. The summed E-state index contributed by atoms with van der Waals surface area (Å²) in [4.78, 5) is 0. The number of benzene rings is 2. The van der Waals surface area contributed by atoms with Crippen molar-refractivity contribution in [1.29, 1.82) is 0 Å². The lowest BCUT2D eigenvalue weighted by Crippen LogP contribution is -2.50. The summed E-state index contributed by atoms with van der Waals surface area (Å²) < 4.78 is 61.1. The predicted octanol–water partition coefficient (Wildman–Crippen LogP) is 4.82. The SMILES string of the molecule is Cl.Fc1cccc(-c2ccc(OC3CNC3)c(OC(F)(F)F)c2)c1Cl. The molecule has 1 saturated heterocycles. The molecule has 0 atom stereocenters. The molecule has 1 fully saturated rings. The lowest BCUT2D eigenvalue weighted by Gasteiger charge is -2.28. The number of hydrogen-bond donors (Lipinski definition) is 1. The molecule has 3 nitrogen and oxygen atoms in total. The van der Waals surface area contributed by atoms with Gasteiger partial charge in [0.15, 0.2) is 11.5 Å². The van der Waals surface area contributed by atoms with Crippen LogP contribution in [0.1, 0.15) is 0 Å². The Morgan fingerprint density at radius 1 is 1.08 bits per heavy atom. The Bertz CT molecular complexity index is 751. The molecule has 1 aliphatic heterocycles. The second-order valence-corrected chi connectivity index (χ2v) is 5.59. The maximum absolute atomic E-state index is 13.6. The van der Waals surface area contributed by atoms with E-state index in [-0.39, 0.29) is 40.4 Å². The first-order valence-corrected chi connectivity index (χ1v) is 7.43. The Hall–Kier alpha value is -1.70. The van der Waals surface area contributed by atoms with Gasteiger partial charge in [0.25, 0.3) is 0 Å². The average molecular weight is 398 g/mol. The van der Waals surface area contributed by atoms with E-state index in [1.54, 1.807) is 0 Å².